The number of rotatable bonds is 8. The minimum atomic E-state index is -0.366. The molecule has 0 bridgehead atoms. The van der Waals surface area contributed by atoms with Crippen LogP contribution in [0.15, 0.2) is 129 Å². The van der Waals surface area contributed by atoms with Gasteiger partial charge in [-0.3, -0.25) is 9.36 Å². The highest BCUT2D eigenvalue weighted by molar-refractivity contribution is 7.99. The smallest absolute Gasteiger partial charge is 0.271 e. The lowest BCUT2D eigenvalue weighted by atomic mass is 10.0. The van der Waals surface area contributed by atoms with Crippen LogP contribution >= 0.6 is 23.4 Å². The third-order valence-electron chi connectivity index (χ3n) is 6.18. The van der Waals surface area contributed by atoms with Crippen LogP contribution in [0.3, 0.4) is 0 Å². The van der Waals surface area contributed by atoms with Crippen LogP contribution in [0.25, 0.3) is 16.5 Å². The molecule has 1 N–H and O–H groups in total. The molecule has 7 nitrogen and oxygen atoms in total. The molecule has 0 saturated carbocycles. The second-order valence-corrected chi connectivity index (χ2v) is 10.3. The molecule has 9 heteroatoms. The van der Waals surface area contributed by atoms with Crippen LogP contribution in [0.1, 0.15) is 27.5 Å². The van der Waals surface area contributed by atoms with Crippen LogP contribution in [0.5, 0.6) is 0 Å². The Morgan fingerprint density at radius 3 is 2.60 bits per heavy atom. The van der Waals surface area contributed by atoms with Gasteiger partial charge in [0, 0.05) is 22.7 Å². The minimum absolute atomic E-state index is 0.366. The number of hydrazone groups is 1. The Kier molecular flexibility index (Phi) is 7.43. The number of carbonyl (C=O) groups is 1. The zero-order chi connectivity index (χ0) is 27.3. The van der Waals surface area contributed by atoms with E-state index in [1.807, 2.05) is 47.0 Å². The molecule has 2 heterocycles. The van der Waals surface area contributed by atoms with E-state index in [9.17, 15) is 4.79 Å². The standard InChI is InChI=1S/C31H22ClN5O2S/c32-24-12-7-11-23(18-24)30(38)35-33-20-26-16-17-29(39-26)40-31-36-34-28(37(31)25-13-2-1-3-14-25)19-22-10-6-9-21-8-4-5-15-27(21)22/h1-18,20H,19H2,(H,35,38)/b33-20-. The van der Waals surface area contributed by atoms with Crippen molar-refractivity contribution in [1.29, 1.82) is 0 Å². The molecule has 0 fully saturated rings. The quantitative estimate of drug-likeness (QED) is 0.157. The Balaban J connectivity index is 1.23. The summed E-state index contributed by atoms with van der Waals surface area (Å²) in [6, 6.07) is 34.9. The van der Waals surface area contributed by atoms with Gasteiger partial charge in [-0.15, -0.1) is 10.2 Å². The lowest BCUT2D eigenvalue weighted by Crippen LogP contribution is -2.17. The summed E-state index contributed by atoms with van der Waals surface area (Å²) in [4.78, 5) is 12.3. The van der Waals surface area contributed by atoms with Gasteiger partial charge in [0.15, 0.2) is 5.09 Å². The van der Waals surface area contributed by atoms with Crippen molar-refractivity contribution < 1.29 is 9.21 Å². The van der Waals surface area contributed by atoms with E-state index in [4.69, 9.17) is 16.0 Å². The van der Waals surface area contributed by atoms with Gasteiger partial charge in [0.25, 0.3) is 5.91 Å². The van der Waals surface area contributed by atoms with Crippen LogP contribution < -0.4 is 5.43 Å². The molecule has 0 spiro atoms. The van der Waals surface area contributed by atoms with Gasteiger partial charge in [-0.05, 0) is 70.6 Å². The Hall–Kier alpha value is -4.66. The predicted molar refractivity (Wildman–Crippen MR) is 157 cm³/mol. The monoisotopic (exact) mass is 563 g/mol. The Labute approximate surface area is 239 Å². The summed E-state index contributed by atoms with van der Waals surface area (Å²) in [5, 5.41) is 17.2. The highest BCUT2D eigenvalue weighted by Crippen LogP contribution is 2.31. The summed E-state index contributed by atoms with van der Waals surface area (Å²) < 4.78 is 7.98. The van der Waals surface area contributed by atoms with Crippen molar-refractivity contribution in [2.24, 2.45) is 5.10 Å². The molecule has 0 unspecified atom stereocenters. The van der Waals surface area contributed by atoms with Crippen LogP contribution in [0, 0.1) is 0 Å². The van der Waals surface area contributed by atoms with Gasteiger partial charge in [-0.2, -0.15) is 5.10 Å². The number of fused-ring (bicyclic) bond motifs is 1. The van der Waals surface area contributed by atoms with Gasteiger partial charge in [0.1, 0.15) is 11.6 Å². The van der Waals surface area contributed by atoms with Gasteiger partial charge in [0.05, 0.1) is 6.21 Å². The second kappa shape index (κ2) is 11.6. The van der Waals surface area contributed by atoms with Crippen molar-refractivity contribution in [2.75, 3.05) is 0 Å². The number of halogens is 1. The molecule has 40 heavy (non-hydrogen) atoms. The summed E-state index contributed by atoms with van der Waals surface area (Å²) in [5.41, 5.74) is 5.04. The molecule has 0 radical (unpaired) electrons. The van der Waals surface area contributed by atoms with Gasteiger partial charge < -0.3 is 4.42 Å². The Morgan fingerprint density at radius 2 is 1.73 bits per heavy atom. The number of amides is 1. The average molecular weight is 564 g/mol. The first-order chi connectivity index (χ1) is 19.6. The fourth-order valence-electron chi connectivity index (χ4n) is 4.33. The molecule has 0 atom stereocenters. The average Bonchev–Trinajstić information content (AvgIpc) is 3.60. The molecular weight excluding hydrogens is 542 g/mol. The third-order valence-corrected chi connectivity index (χ3v) is 7.28. The van der Waals surface area contributed by atoms with Crippen LogP contribution in [-0.4, -0.2) is 26.9 Å². The summed E-state index contributed by atoms with van der Waals surface area (Å²) in [7, 11) is 0. The van der Waals surface area contributed by atoms with E-state index in [-0.39, 0.29) is 5.91 Å². The third kappa shape index (κ3) is 5.68. The maximum Gasteiger partial charge on any atom is 0.271 e. The van der Waals surface area contributed by atoms with Crippen molar-refractivity contribution in [2.45, 2.75) is 16.7 Å². The summed E-state index contributed by atoms with van der Waals surface area (Å²) in [6.07, 6.45) is 2.06. The Morgan fingerprint density at radius 1 is 0.925 bits per heavy atom. The zero-order valence-electron chi connectivity index (χ0n) is 21.1. The highest BCUT2D eigenvalue weighted by atomic mass is 35.5. The first-order valence-corrected chi connectivity index (χ1v) is 13.7. The van der Waals surface area contributed by atoms with Crippen molar-refractivity contribution in [1.82, 2.24) is 20.2 Å². The molecule has 6 aromatic rings. The van der Waals surface area contributed by atoms with E-state index in [1.165, 1.54) is 34.3 Å². The minimum Gasteiger partial charge on any atom is -0.448 e. The van der Waals surface area contributed by atoms with Gasteiger partial charge in [-0.1, -0.05) is 78.3 Å². The van der Waals surface area contributed by atoms with E-state index in [0.29, 0.717) is 33.0 Å². The number of nitrogens with one attached hydrogen (secondary N) is 1. The van der Waals surface area contributed by atoms with E-state index in [2.05, 4.69) is 57.1 Å². The number of carbonyl (C=O) groups excluding carboxylic acids is 1. The molecular formula is C31H22ClN5O2S. The Bertz CT molecular complexity index is 1830. The van der Waals surface area contributed by atoms with Crippen molar-refractivity contribution in [3.05, 3.63) is 137 Å². The molecule has 196 valence electrons. The van der Waals surface area contributed by atoms with Crippen LogP contribution in [-0.2, 0) is 6.42 Å². The van der Waals surface area contributed by atoms with Crippen molar-refractivity contribution >= 4 is 46.3 Å². The number of para-hydroxylation sites is 1. The largest absolute Gasteiger partial charge is 0.448 e. The van der Waals surface area contributed by atoms with Crippen molar-refractivity contribution in [3.63, 3.8) is 0 Å². The second-order valence-electron chi connectivity index (χ2n) is 8.85. The number of hydrogen-bond acceptors (Lipinski definition) is 6. The molecule has 1 amide bonds. The van der Waals surface area contributed by atoms with Gasteiger partial charge in [0.2, 0.25) is 5.16 Å². The lowest BCUT2D eigenvalue weighted by Gasteiger charge is -2.11. The van der Waals surface area contributed by atoms with Crippen LogP contribution in [0.4, 0.5) is 0 Å². The SMILES string of the molecule is O=C(N/N=C\c1ccc(Sc2nnc(Cc3cccc4ccccc34)n2-c2ccccc2)o1)c1cccc(Cl)c1. The highest BCUT2D eigenvalue weighted by Gasteiger charge is 2.18. The number of furan rings is 1. The number of aromatic nitrogens is 3. The number of hydrogen-bond donors (Lipinski definition) is 1. The van der Waals surface area contributed by atoms with E-state index in [1.54, 1.807) is 30.3 Å². The number of benzene rings is 4. The van der Waals surface area contributed by atoms with Crippen molar-refractivity contribution in [3.8, 4) is 5.69 Å². The molecule has 0 aliphatic rings. The maximum absolute atomic E-state index is 12.3. The summed E-state index contributed by atoms with van der Waals surface area (Å²) >= 11 is 7.32. The van der Waals surface area contributed by atoms with Crippen LogP contribution in [0.2, 0.25) is 5.02 Å². The summed E-state index contributed by atoms with van der Waals surface area (Å²) in [5.74, 6) is 0.937. The molecule has 0 aliphatic carbocycles. The molecule has 0 aliphatic heterocycles. The fraction of sp³-hybridized carbons (Fsp3) is 0.0323. The normalized spacial score (nSPS) is 11.3. The molecule has 6 rings (SSSR count). The van der Waals surface area contributed by atoms with Gasteiger partial charge in [-0.25, -0.2) is 5.43 Å². The maximum atomic E-state index is 12.3. The fourth-order valence-corrected chi connectivity index (χ4v) is 5.36. The van der Waals surface area contributed by atoms with Gasteiger partial charge >= 0.3 is 0 Å². The first-order valence-electron chi connectivity index (χ1n) is 12.5. The van der Waals surface area contributed by atoms with E-state index >= 15 is 0 Å². The van der Waals surface area contributed by atoms with E-state index < -0.39 is 0 Å². The predicted octanol–water partition coefficient (Wildman–Crippen LogP) is 7.17. The summed E-state index contributed by atoms with van der Waals surface area (Å²) in [6.45, 7) is 0. The zero-order valence-corrected chi connectivity index (χ0v) is 22.6. The van der Waals surface area contributed by atoms with E-state index in [0.717, 1.165) is 11.5 Å². The molecule has 0 saturated heterocycles. The number of nitrogens with zero attached hydrogens (tertiary/aromatic N) is 4. The molecule has 2 aromatic heterocycles. The topological polar surface area (TPSA) is 85.3 Å². The first kappa shape index (κ1) is 25.6. The lowest BCUT2D eigenvalue weighted by molar-refractivity contribution is 0.0955. The molecule has 4 aromatic carbocycles.